The molecule has 4 N–H and O–H groups in total. The maximum Gasteiger partial charge on any atom is 0.404 e. The average molecular weight is 242 g/mol. The molecular formula is C13H26N2O2. The third-order valence-electron chi connectivity index (χ3n) is 3.75. The van der Waals surface area contributed by atoms with Crippen molar-refractivity contribution in [1.82, 2.24) is 0 Å². The fourth-order valence-electron chi connectivity index (χ4n) is 2.83. The molecule has 100 valence electrons. The second-order valence-electron chi connectivity index (χ2n) is 6.24. The van der Waals surface area contributed by atoms with Gasteiger partial charge in [-0.1, -0.05) is 20.8 Å². The first-order valence-electron chi connectivity index (χ1n) is 6.50. The van der Waals surface area contributed by atoms with Crippen molar-refractivity contribution in [2.45, 2.75) is 52.6 Å². The molecule has 1 fully saturated rings. The molecule has 0 spiro atoms. The maximum absolute atomic E-state index is 11.0. The van der Waals surface area contributed by atoms with Gasteiger partial charge in [0.1, 0.15) is 6.10 Å². The average Bonchev–Trinajstić information content (AvgIpc) is 2.24. The maximum atomic E-state index is 11.0. The quantitative estimate of drug-likeness (QED) is 0.796. The highest BCUT2D eigenvalue weighted by Gasteiger charge is 2.37. The minimum absolute atomic E-state index is 0.0603. The van der Waals surface area contributed by atoms with E-state index in [0.29, 0.717) is 11.8 Å². The van der Waals surface area contributed by atoms with Crippen LogP contribution in [0.4, 0.5) is 4.79 Å². The van der Waals surface area contributed by atoms with Gasteiger partial charge >= 0.3 is 6.09 Å². The molecule has 0 aromatic heterocycles. The molecular weight excluding hydrogens is 216 g/mol. The first kappa shape index (κ1) is 14.3. The van der Waals surface area contributed by atoms with E-state index in [0.717, 1.165) is 32.2 Å². The van der Waals surface area contributed by atoms with E-state index < -0.39 is 6.09 Å². The van der Waals surface area contributed by atoms with Gasteiger partial charge in [0.05, 0.1) is 0 Å². The first-order valence-corrected chi connectivity index (χ1v) is 6.50. The van der Waals surface area contributed by atoms with E-state index >= 15 is 0 Å². The largest absolute Gasteiger partial charge is 0.446 e. The summed E-state index contributed by atoms with van der Waals surface area (Å²) in [5, 5.41) is 0. The van der Waals surface area contributed by atoms with Gasteiger partial charge < -0.3 is 16.2 Å². The smallest absolute Gasteiger partial charge is 0.404 e. The van der Waals surface area contributed by atoms with Crippen LogP contribution in [-0.2, 0) is 4.74 Å². The first-order chi connectivity index (χ1) is 7.84. The van der Waals surface area contributed by atoms with E-state index in [9.17, 15) is 4.79 Å². The van der Waals surface area contributed by atoms with Crippen LogP contribution in [0.15, 0.2) is 0 Å². The van der Waals surface area contributed by atoms with E-state index in [4.69, 9.17) is 16.2 Å². The van der Waals surface area contributed by atoms with E-state index in [1.807, 2.05) is 0 Å². The minimum atomic E-state index is -0.661. The van der Waals surface area contributed by atoms with Gasteiger partial charge in [0.2, 0.25) is 0 Å². The van der Waals surface area contributed by atoms with Crippen LogP contribution < -0.4 is 11.5 Å². The Kier molecular flexibility index (Phi) is 4.80. The second-order valence-corrected chi connectivity index (χ2v) is 6.24. The molecule has 17 heavy (non-hydrogen) atoms. The predicted octanol–water partition coefficient (Wildman–Crippen LogP) is 2.26. The monoisotopic (exact) mass is 242 g/mol. The van der Waals surface area contributed by atoms with Gasteiger partial charge in [-0.15, -0.1) is 0 Å². The minimum Gasteiger partial charge on any atom is -0.446 e. The highest BCUT2D eigenvalue weighted by molar-refractivity contribution is 5.64. The van der Waals surface area contributed by atoms with Gasteiger partial charge in [-0.2, -0.15) is 0 Å². The SMILES string of the molecule is CC(C)(C)C(OC(N)=O)C1CCC(CN)CC1. The molecule has 1 rings (SSSR count). The molecule has 0 heterocycles. The summed E-state index contributed by atoms with van der Waals surface area (Å²) in [5.41, 5.74) is 10.8. The van der Waals surface area contributed by atoms with Gasteiger partial charge in [-0.25, -0.2) is 4.79 Å². The van der Waals surface area contributed by atoms with E-state index in [2.05, 4.69) is 20.8 Å². The number of hydrogen-bond donors (Lipinski definition) is 2. The summed E-state index contributed by atoms with van der Waals surface area (Å²) in [4.78, 5) is 11.0. The molecule has 1 saturated carbocycles. The number of amides is 1. The topological polar surface area (TPSA) is 78.3 Å². The highest BCUT2D eigenvalue weighted by atomic mass is 16.6. The van der Waals surface area contributed by atoms with Crippen molar-refractivity contribution in [3.63, 3.8) is 0 Å². The molecule has 1 unspecified atom stereocenters. The zero-order valence-corrected chi connectivity index (χ0v) is 11.2. The van der Waals surface area contributed by atoms with Crippen LogP contribution in [0.5, 0.6) is 0 Å². The number of nitrogens with two attached hydrogens (primary N) is 2. The molecule has 1 atom stereocenters. The summed E-state index contributed by atoms with van der Waals surface area (Å²) in [6.07, 6.45) is 3.68. The number of hydrogen-bond acceptors (Lipinski definition) is 3. The lowest BCUT2D eigenvalue weighted by atomic mass is 9.72. The molecule has 1 amide bonds. The second kappa shape index (κ2) is 5.71. The van der Waals surface area contributed by atoms with Gasteiger partial charge in [-0.3, -0.25) is 0 Å². The number of rotatable bonds is 3. The van der Waals surface area contributed by atoms with Crippen LogP contribution in [-0.4, -0.2) is 18.7 Å². The summed E-state index contributed by atoms with van der Waals surface area (Å²) in [7, 11) is 0. The predicted molar refractivity (Wildman–Crippen MR) is 68.4 cm³/mol. The van der Waals surface area contributed by atoms with Crippen molar-refractivity contribution in [2.75, 3.05) is 6.54 Å². The number of primary amides is 1. The normalized spacial score (nSPS) is 27.5. The van der Waals surface area contributed by atoms with Crippen LogP contribution >= 0.6 is 0 Å². The molecule has 0 bridgehead atoms. The van der Waals surface area contributed by atoms with Crippen LogP contribution in [0.2, 0.25) is 0 Å². The van der Waals surface area contributed by atoms with Crippen molar-refractivity contribution in [3.8, 4) is 0 Å². The van der Waals surface area contributed by atoms with Crippen LogP contribution in [0.3, 0.4) is 0 Å². The van der Waals surface area contributed by atoms with Crippen LogP contribution in [0.1, 0.15) is 46.5 Å². The van der Waals surface area contributed by atoms with Gasteiger partial charge in [0.15, 0.2) is 0 Å². The standard InChI is InChI=1S/C13H26N2O2/c1-13(2,3)11(17-12(15)16)10-6-4-9(8-14)5-7-10/h9-11H,4-8,14H2,1-3H3,(H2,15,16). The Morgan fingerprint density at radius 1 is 1.29 bits per heavy atom. The molecule has 4 heteroatoms. The Bertz CT molecular complexity index is 253. The molecule has 4 nitrogen and oxygen atoms in total. The lowest BCUT2D eigenvalue weighted by Crippen LogP contribution is -2.41. The van der Waals surface area contributed by atoms with Gasteiger partial charge in [-0.05, 0) is 49.5 Å². The summed E-state index contributed by atoms with van der Waals surface area (Å²) < 4.78 is 5.33. The molecule has 0 aromatic rings. The Balaban J connectivity index is 2.62. The Labute approximate surface area is 104 Å². The summed E-state index contributed by atoms with van der Waals surface area (Å²) in [6, 6.07) is 0. The van der Waals surface area contributed by atoms with Crippen LogP contribution in [0.25, 0.3) is 0 Å². The third kappa shape index (κ3) is 4.19. The van der Waals surface area contributed by atoms with E-state index in [1.165, 1.54) is 0 Å². The van der Waals surface area contributed by atoms with Crippen molar-refractivity contribution < 1.29 is 9.53 Å². The van der Waals surface area contributed by atoms with Crippen LogP contribution in [0, 0.1) is 17.3 Å². The molecule has 1 aliphatic carbocycles. The molecule has 0 saturated heterocycles. The summed E-state index contributed by atoms with van der Waals surface area (Å²) >= 11 is 0. The molecule has 0 aliphatic heterocycles. The van der Waals surface area contributed by atoms with Crippen molar-refractivity contribution >= 4 is 6.09 Å². The molecule has 1 aliphatic rings. The van der Waals surface area contributed by atoms with Crippen molar-refractivity contribution in [1.29, 1.82) is 0 Å². The third-order valence-corrected chi connectivity index (χ3v) is 3.75. The lowest BCUT2D eigenvalue weighted by molar-refractivity contribution is -0.0189. The lowest BCUT2D eigenvalue weighted by Gasteiger charge is -2.39. The Morgan fingerprint density at radius 2 is 1.82 bits per heavy atom. The molecule has 0 radical (unpaired) electrons. The highest BCUT2D eigenvalue weighted by Crippen LogP contribution is 2.38. The van der Waals surface area contributed by atoms with Crippen molar-refractivity contribution in [2.24, 2.45) is 28.7 Å². The Hall–Kier alpha value is -0.770. The van der Waals surface area contributed by atoms with E-state index in [1.54, 1.807) is 0 Å². The fourth-order valence-corrected chi connectivity index (χ4v) is 2.83. The zero-order valence-electron chi connectivity index (χ0n) is 11.2. The summed E-state index contributed by atoms with van der Waals surface area (Å²) in [6.45, 7) is 7.05. The van der Waals surface area contributed by atoms with E-state index in [-0.39, 0.29) is 11.5 Å². The van der Waals surface area contributed by atoms with Gasteiger partial charge in [0, 0.05) is 0 Å². The Morgan fingerprint density at radius 3 is 2.18 bits per heavy atom. The number of carbonyl (C=O) groups is 1. The number of ether oxygens (including phenoxy) is 1. The van der Waals surface area contributed by atoms with Gasteiger partial charge in [0.25, 0.3) is 0 Å². The van der Waals surface area contributed by atoms with Crippen molar-refractivity contribution in [3.05, 3.63) is 0 Å². The fraction of sp³-hybridized carbons (Fsp3) is 0.923. The zero-order chi connectivity index (χ0) is 13.1. The molecule has 0 aromatic carbocycles. The summed E-state index contributed by atoms with van der Waals surface area (Å²) in [5.74, 6) is 1.06. The number of carbonyl (C=O) groups excluding carboxylic acids is 1.